The van der Waals surface area contributed by atoms with Crippen LogP contribution in [-0.2, 0) is 28.8 Å². The molecule has 2 aliphatic heterocycles. The van der Waals surface area contributed by atoms with E-state index in [0.717, 1.165) is 19.4 Å². The van der Waals surface area contributed by atoms with Crippen molar-refractivity contribution < 1.29 is 54.3 Å². The number of nitrogens with two attached hydrogens (primary N) is 3. The summed E-state index contributed by atoms with van der Waals surface area (Å²) in [6.45, 7) is 10.1. The Hall–Kier alpha value is -3.34. The molecule has 13 N–H and O–H groups in total. The maximum absolute atomic E-state index is 10.4. The molecule has 41 heavy (non-hydrogen) atoms. The summed E-state index contributed by atoms with van der Waals surface area (Å²) in [6, 6.07) is -3.02. The highest BCUT2D eigenvalue weighted by molar-refractivity contribution is 5.87. The van der Waals surface area contributed by atoms with E-state index in [2.05, 4.69) is 10.6 Å². The molecule has 5 atom stereocenters. The van der Waals surface area contributed by atoms with Crippen molar-refractivity contribution in [2.24, 2.45) is 29.0 Å². The molecule has 16 heteroatoms. The third kappa shape index (κ3) is 26.6. The van der Waals surface area contributed by atoms with Crippen molar-refractivity contribution in [2.45, 2.75) is 103 Å². The number of carboxylic acids is 5. The summed E-state index contributed by atoms with van der Waals surface area (Å²) in [7, 11) is 0. The summed E-state index contributed by atoms with van der Waals surface area (Å²) in [5.41, 5.74) is 15.3. The van der Waals surface area contributed by atoms with Crippen molar-refractivity contribution in [1.29, 1.82) is 0 Å². The van der Waals surface area contributed by atoms with Gasteiger partial charge in [-0.15, -0.1) is 0 Å². The smallest absolute Gasteiger partial charge is 0.326 e. The van der Waals surface area contributed by atoms with E-state index in [0.29, 0.717) is 37.5 Å². The molecule has 1 amide bonds. The topological polar surface area (TPSA) is 306 Å². The summed E-state index contributed by atoms with van der Waals surface area (Å²) < 4.78 is 0. The molecule has 2 aliphatic rings. The maximum Gasteiger partial charge on any atom is 0.326 e. The average molecular weight is 596 g/mol. The molecule has 0 aromatic carbocycles. The molecule has 2 saturated heterocycles. The second-order valence-corrected chi connectivity index (χ2v) is 10.3. The highest BCUT2D eigenvalue weighted by Crippen LogP contribution is 2.05. The monoisotopic (exact) mass is 595 g/mol. The van der Waals surface area contributed by atoms with Gasteiger partial charge >= 0.3 is 29.8 Å². The Balaban J connectivity index is -0.000000443. The van der Waals surface area contributed by atoms with Crippen LogP contribution in [0.4, 0.5) is 0 Å². The quantitative estimate of drug-likeness (QED) is 0.160. The van der Waals surface area contributed by atoms with Crippen LogP contribution in [0.15, 0.2) is 0 Å². The third-order valence-corrected chi connectivity index (χ3v) is 5.13. The Morgan fingerprint density at radius 3 is 1.24 bits per heavy atom. The molecule has 0 aromatic heterocycles. The van der Waals surface area contributed by atoms with Crippen LogP contribution in [0.2, 0.25) is 0 Å². The van der Waals surface area contributed by atoms with Crippen molar-refractivity contribution in [1.82, 2.24) is 10.6 Å². The van der Waals surface area contributed by atoms with Crippen molar-refractivity contribution in [2.75, 3.05) is 6.54 Å². The van der Waals surface area contributed by atoms with E-state index in [1.807, 2.05) is 27.7 Å². The average Bonchev–Trinajstić information content (AvgIpc) is 3.52. The fourth-order valence-electron chi connectivity index (χ4n) is 2.91. The van der Waals surface area contributed by atoms with Crippen LogP contribution in [0.5, 0.6) is 0 Å². The lowest BCUT2D eigenvalue weighted by molar-refractivity contribution is -0.140. The van der Waals surface area contributed by atoms with Crippen LogP contribution in [0.25, 0.3) is 0 Å². The number of amides is 1. The molecule has 2 fully saturated rings. The SMILES string of the molecule is CC(C)CC(N)C(=O)O.CC(C)CC(N)C(=O)O.CC(N)C(=O)O.O=C(O)C1CCCN1.O=C1CC[C@@H](C(=O)O)N1. The summed E-state index contributed by atoms with van der Waals surface area (Å²) in [4.78, 5) is 60.4. The second-order valence-electron chi connectivity index (χ2n) is 10.3. The van der Waals surface area contributed by atoms with Gasteiger partial charge in [-0.1, -0.05) is 27.7 Å². The lowest BCUT2D eigenvalue weighted by Crippen LogP contribution is -2.32. The Kier molecular flexibility index (Phi) is 24.0. The third-order valence-electron chi connectivity index (χ3n) is 5.13. The van der Waals surface area contributed by atoms with Crippen LogP contribution in [0.3, 0.4) is 0 Å². The van der Waals surface area contributed by atoms with E-state index in [4.69, 9.17) is 42.7 Å². The minimum absolute atomic E-state index is 0.164. The van der Waals surface area contributed by atoms with Gasteiger partial charge in [0.25, 0.3) is 0 Å². The zero-order chi connectivity index (χ0) is 32.9. The second kappa shape index (κ2) is 23.4. The molecule has 0 aliphatic carbocycles. The summed E-state index contributed by atoms with van der Waals surface area (Å²) in [5.74, 6) is -3.90. The zero-order valence-electron chi connectivity index (χ0n) is 24.4. The highest BCUT2D eigenvalue weighted by atomic mass is 16.4. The van der Waals surface area contributed by atoms with Crippen molar-refractivity contribution in [3.8, 4) is 0 Å². The van der Waals surface area contributed by atoms with Crippen LogP contribution < -0.4 is 27.8 Å². The fourth-order valence-corrected chi connectivity index (χ4v) is 2.91. The predicted molar refractivity (Wildman–Crippen MR) is 149 cm³/mol. The molecule has 4 unspecified atom stereocenters. The first kappa shape index (κ1) is 42.1. The van der Waals surface area contributed by atoms with E-state index in [1.165, 1.54) is 6.92 Å². The fraction of sp³-hybridized carbons (Fsp3) is 0.760. The van der Waals surface area contributed by atoms with Gasteiger partial charge in [0, 0.05) is 6.42 Å². The zero-order valence-corrected chi connectivity index (χ0v) is 24.4. The van der Waals surface area contributed by atoms with Gasteiger partial charge in [0.2, 0.25) is 5.91 Å². The van der Waals surface area contributed by atoms with Crippen LogP contribution >= 0.6 is 0 Å². The maximum atomic E-state index is 10.4. The first-order valence-electron chi connectivity index (χ1n) is 13.2. The number of hydrogen-bond acceptors (Lipinski definition) is 10. The Bertz CT molecular complexity index is 790. The lowest BCUT2D eigenvalue weighted by Gasteiger charge is -2.07. The summed E-state index contributed by atoms with van der Waals surface area (Å²) in [6.07, 6.45) is 3.65. The van der Waals surface area contributed by atoms with Crippen LogP contribution in [-0.4, -0.2) is 98.0 Å². The van der Waals surface area contributed by atoms with Gasteiger partial charge in [-0.2, -0.15) is 0 Å². The van der Waals surface area contributed by atoms with Crippen molar-refractivity contribution >= 4 is 35.8 Å². The molecule has 2 heterocycles. The molecular formula is C25H49N5O11. The van der Waals surface area contributed by atoms with Crippen molar-refractivity contribution in [3.05, 3.63) is 0 Å². The number of carbonyl (C=O) groups is 6. The minimum Gasteiger partial charge on any atom is -0.480 e. The summed E-state index contributed by atoms with van der Waals surface area (Å²) in [5, 5.41) is 46.3. The van der Waals surface area contributed by atoms with Gasteiger partial charge in [-0.25, -0.2) is 4.79 Å². The van der Waals surface area contributed by atoms with E-state index < -0.39 is 54.0 Å². The number of carboxylic acid groups (broad SMARTS) is 5. The molecule has 240 valence electrons. The molecule has 16 nitrogen and oxygen atoms in total. The number of hydrogen-bond donors (Lipinski definition) is 10. The number of nitrogens with one attached hydrogen (secondary N) is 2. The highest BCUT2D eigenvalue weighted by Gasteiger charge is 2.26. The first-order valence-corrected chi connectivity index (χ1v) is 13.2. The molecule has 0 aromatic rings. The Labute approximate surface area is 240 Å². The molecule has 0 saturated carbocycles. The number of rotatable bonds is 9. The molecule has 0 radical (unpaired) electrons. The summed E-state index contributed by atoms with van der Waals surface area (Å²) >= 11 is 0. The van der Waals surface area contributed by atoms with Crippen LogP contribution in [0.1, 0.15) is 73.1 Å². The van der Waals surface area contributed by atoms with Gasteiger partial charge in [0.1, 0.15) is 30.2 Å². The van der Waals surface area contributed by atoms with Gasteiger partial charge in [0.05, 0.1) is 0 Å². The van der Waals surface area contributed by atoms with Crippen LogP contribution in [0, 0.1) is 11.8 Å². The standard InChI is InChI=1S/2C6H13NO2.C5H7NO3.C5H9NO2.C3H7NO2/c2*1-4(2)3-5(7)6(8)9;7-4-2-1-3(6-4)5(8)9;7-5(8)4-2-1-3-6-4;1-2(4)3(5)6/h2*4-5H,3,7H2,1-2H3,(H,8,9);3H,1-2H2,(H,6,7)(H,8,9);4,6H,1-3H2,(H,7,8);2H,4H2,1H3,(H,5,6)/t;;3-;;/m..0../s1. The predicted octanol–water partition coefficient (Wildman–Crippen LogP) is -0.520. The number of aliphatic carboxylic acids is 5. The van der Waals surface area contributed by atoms with E-state index in [-0.39, 0.29) is 11.9 Å². The largest absolute Gasteiger partial charge is 0.480 e. The van der Waals surface area contributed by atoms with E-state index in [9.17, 15) is 28.8 Å². The minimum atomic E-state index is -0.963. The van der Waals surface area contributed by atoms with E-state index >= 15 is 0 Å². The molecular weight excluding hydrogens is 546 g/mol. The van der Waals surface area contributed by atoms with Gasteiger partial charge in [-0.05, 0) is 57.4 Å². The Morgan fingerprint density at radius 2 is 1.12 bits per heavy atom. The van der Waals surface area contributed by atoms with Gasteiger partial charge in [0.15, 0.2) is 0 Å². The normalized spacial score (nSPS) is 19.2. The van der Waals surface area contributed by atoms with Gasteiger partial charge < -0.3 is 53.4 Å². The molecule has 2 rings (SSSR count). The first-order chi connectivity index (χ1) is 18.7. The van der Waals surface area contributed by atoms with E-state index in [1.54, 1.807) is 0 Å². The lowest BCUT2D eigenvalue weighted by atomic mass is 10.1. The van der Waals surface area contributed by atoms with Crippen molar-refractivity contribution in [3.63, 3.8) is 0 Å². The van der Waals surface area contributed by atoms with Gasteiger partial charge in [-0.3, -0.25) is 24.0 Å². The molecule has 0 spiro atoms. The number of carbonyl (C=O) groups excluding carboxylic acids is 1. The molecule has 0 bridgehead atoms. The Morgan fingerprint density at radius 1 is 0.732 bits per heavy atom.